The molecule has 106 valence electrons. The zero-order chi connectivity index (χ0) is 14.9. The van der Waals surface area contributed by atoms with Crippen molar-refractivity contribution < 1.29 is 10.2 Å². The van der Waals surface area contributed by atoms with E-state index in [2.05, 4.69) is 21.2 Å². The molecule has 3 N–H and O–H groups in total. The average molecular weight is 357 g/mol. The maximum absolute atomic E-state index is 9.86. The van der Waals surface area contributed by atoms with Crippen molar-refractivity contribution in [3.8, 4) is 11.5 Å². The first-order valence-corrected chi connectivity index (χ1v) is 7.29. The zero-order valence-electron chi connectivity index (χ0n) is 11.1. The minimum Gasteiger partial charge on any atom is -0.508 e. The van der Waals surface area contributed by atoms with Gasteiger partial charge in [0.15, 0.2) is 0 Å². The second kappa shape index (κ2) is 5.94. The smallest absolute Gasteiger partial charge is 0.121 e. The summed E-state index contributed by atoms with van der Waals surface area (Å²) in [6.45, 7) is 3.83. The van der Waals surface area contributed by atoms with E-state index in [1.54, 1.807) is 0 Å². The molecule has 0 fully saturated rings. The van der Waals surface area contributed by atoms with Gasteiger partial charge in [0.05, 0.1) is 11.7 Å². The summed E-state index contributed by atoms with van der Waals surface area (Å²) in [6.07, 6.45) is 0. The third-order valence-electron chi connectivity index (χ3n) is 3.10. The highest BCUT2D eigenvalue weighted by Crippen LogP contribution is 2.34. The van der Waals surface area contributed by atoms with Crippen LogP contribution in [0.25, 0.3) is 0 Å². The van der Waals surface area contributed by atoms with Crippen molar-refractivity contribution in [3.63, 3.8) is 0 Å². The predicted octanol–water partition coefficient (Wildman–Crippen LogP) is 5.00. The molecule has 0 heterocycles. The van der Waals surface area contributed by atoms with E-state index >= 15 is 0 Å². The van der Waals surface area contributed by atoms with Crippen molar-refractivity contribution in [2.75, 3.05) is 5.32 Å². The van der Waals surface area contributed by atoms with Crippen molar-refractivity contribution in [2.24, 2.45) is 0 Å². The molecule has 0 saturated heterocycles. The molecule has 5 heteroatoms. The van der Waals surface area contributed by atoms with Gasteiger partial charge in [-0.1, -0.05) is 11.6 Å². The minimum absolute atomic E-state index is 0.118. The largest absolute Gasteiger partial charge is 0.508 e. The van der Waals surface area contributed by atoms with Gasteiger partial charge in [-0.05, 0) is 65.7 Å². The van der Waals surface area contributed by atoms with E-state index < -0.39 is 0 Å². The lowest BCUT2D eigenvalue weighted by molar-refractivity contribution is 0.451. The number of hydrogen-bond donors (Lipinski definition) is 3. The summed E-state index contributed by atoms with van der Waals surface area (Å²) in [5, 5.41) is 23.3. The number of nitrogens with one attached hydrogen (secondary N) is 1. The molecule has 20 heavy (non-hydrogen) atoms. The van der Waals surface area contributed by atoms with Crippen LogP contribution in [-0.2, 0) is 0 Å². The third kappa shape index (κ3) is 3.19. The summed E-state index contributed by atoms with van der Waals surface area (Å²) in [5.74, 6) is 0.254. The highest BCUT2D eigenvalue weighted by atomic mass is 79.9. The Morgan fingerprint density at radius 1 is 1.20 bits per heavy atom. The van der Waals surface area contributed by atoms with Crippen molar-refractivity contribution in [3.05, 3.63) is 51.0 Å². The molecule has 1 unspecified atom stereocenters. The zero-order valence-corrected chi connectivity index (χ0v) is 13.5. The van der Waals surface area contributed by atoms with Gasteiger partial charge < -0.3 is 15.5 Å². The second-order valence-electron chi connectivity index (χ2n) is 4.69. The Kier molecular flexibility index (Phi) is 4.45. The van der Waals surface area contributed by atoms with E-state index in [9.17, 15) is 10.2 Å². The molecule has 2 rings (SSSR count). The Bertz CT molecular complexity index is 646. The van der Waals surface area contributed by atoms with Gasteiger partial charge in [0.2, 0.25) is 0 Å². The maximum Gasteiger partial charge on any atom is 0.121 e. The Hall–Kier alpha value is -1.39. The van der Waals surface area contributed by atoms with E-state index in [-0.39, 0.29) is 17.5 Å². The summed E-state index contributed by atoms with van der Waals surface area (Å²) in [7, 11) is 0. The summed E-state index contributed by atoms with van der Waals surface area (Å²) in [5.41, 5.74) is 2.43. The van der Waals surface area contributed by atoms with Crippen LogP contribution in [0.1, 0.15) is 24.1 Å². The molecule has 3 nitrogen and oxygen atoms in total. The van der Waals surface area contributed by atoms with E-state index in [4.69, 9.17) is 11.6 Å². The van der Waals surface area contributed by atoms with Crippen LogP contribution in [0.3, 0.4) is 0 Å². The van der Waals surface area contributed by atoms with Crippen molar-refractivity contribution in [1.29, 1.82) is 0 Å². The molecule has 0 aliphatic heterocycles. The molecular formula is C15H15BrClNO2. The molecule has 0 amide bonds. The van der Waals surface area contributed by atoms with Crippen molar-refractivity contribution >= 4 is 33.2 Å². The number of halogens is 2. The predicted molar refractivity (Wildman–Crippen MR) is 85.7 cm³/mol. The lowest BCUT2D eigenvalue weighted by Crippen LogP contribution is -2.07. The van der Waals surface area contributed by atoms with Crippen molar-refractivity contribution in [1.82, 2.24) is 0 Å². The first kappa shape index (κ1) is 15.0. The van der Waals surface area contributed by atoms with Crippen LogP contribution in [0.15, 0.2) is 34.8 Å². The molecule has 0 spiro atoms. The lowest BCUT2D eigenvalue weighted by atomic mass is 10.1. The first-order valence-electron chi connectivity index (χ1n) is 6.12. The van der Waals surface area contributed by atoms with E-state index in [0.29, 0.717) is 10.6 Å². The Morgan fingerprint density at radius 2 is 1.90 bits per heavy atom. The normalized spacial score (nSPS) is 12.2. The molecule has 0 radical (unpaired) electrons. The number of phenolic OH excluding ortho intramolecular Hbond substituents is 2. The van der Waals surface area contributed by atoms with Crippen LogP contribution in [-0.4, -0.2) is 10.2 Å². The van der Waals surface area contributed by atoms with E-state index in [0.717, 1.165) is 15.7 Å². The van der Waals surface area contributed by atoms with Gasteiger partial charge in [-0.25, -0.2) is 0 Å². The first-order chi connectivity index (χ1) is 9.38. The highest BCUT2D eigenvalue weighted by molar-refractivity contribution is 9.10. The second-order valence-corrected chi connectivity index (χ2v) is 5.95. The van der Waals surface area contributed by atoms with Gasteiger partial charge in [0, 0.05) is 15.1 Å². The van der Waals surface area contributed by atoms with Crippen LogP contribution in [0.5, 0.6) is 11.5 Å². The van der Waals surface area contributed by atoms with Gasteiger partial charge in [0.1, 0.15) is 11.5 Å². The van der Waals surface area contributed by atoms with Crippen LogP contribution in [0, 0.1) is 6.92 Å². The monoisotopic (exact) mass is 355 g/mol. The topological polar surface area (TPSA) is 52.5 Å². The molecule has 2 aromatic carbocycles. The highest BCUT2D eigenvalue weighted by Gasteiger charge is 2.13. The van der Waals surface area contributed by atoms with E-state index in [1.165, 1.54) is 18.2 Å². The number of rotatable bonds is 3. The summed E-state index contributed by atoms with van der Waals surface area (Å²) in [6, 6.07) is 8.04. The fourth-order valence-electron chi connectivity index (χ4n) is 1.96. The van der Waals surface area contributed by atoms with Crippen LogP contribution in [0.2, 0.25) is 5.02 Å². The number of hydrogen-bond acceptors (Lipinski definition) is 3. The molecule has 2 aromatic rings. The maximum atomic E-state index is 9.86. The third-order valence-corrected chi connectivity index (χ3v) is 4.16. The number of aromatic hydroxyl groups is 2. The van der Waals surface area contributed by atoms with Crippen LogP contribution >= 0.6 is 27.5 Å². The number of benzene rings is 2. The Morgan fingerprint density at radius 3 is 2.60 bits per heavy atom. The van der Waals surface area contributed by atoms with Crippen molar-refractivity contribution in [2.45, 2.75) is 19.9 Å². The number of phenols is 2. The fraction of sp³-hybridized carbons (Fsp3) is 0.200. The summed E-state index contributed by atoms with van der Waals surface area (Å²) >= 11 is 9.60. The van der Waals surface area contributed by atoms with Gasteiger partial charge in [-0.3, -0.25) is 0 Å². The molecular weight excluding hydrogens is 342 g/mol. The SMILES string of the molecule is Cc1cc(Br)c(NC(C)c2cc(O)ccc2O)cc1Cl. The Balaban J connectivity index is 2.30. The average Bonchev–Trinajstić information content (AvgIpc) is 2.38. The minimum atomic E-state index is -0.183. The molecule has 0 bridgehead atoms. The standard InChI is InChI=1S/C15H15BrClNO2/c1-8-5-12(16)14(7-13(8)17)18-9(2)11-6-10(19)3-4-15(11)20/h3-7,9,18-20H,1-2H3. The van der Waals surface area contributed by atoms with Crippen LogP contribution in [0.4, 0.5) is 5.69 Å². The Labute approximate surface area is 131 Å². The van der Waals surface area contributed by atoms with Gasteiger partial charge >= 0.3 is 0 Å². The molecule has 0 aliphatic rings. The summed E-state index contributed by atoms with van der Waals surface area (Å²) < 4.78 is 0.894. The van der Waals surface area contributed by atoms with Gasteiger partial charge in [0.25, 0.3) is 0 Å². The van der Waals surface area contributed by atoms with Gasteiger partial charge in [-0.2, -0.15) is 0 Å². The number of anilines is 1. The van der Waals surface area contributed by atoms with Gasteiger partial charge in [-0.15, -0.1) is 0 Å². The fourth-order valence-corrected chi connectivity index (χ4v) is 2.69. The molecule has 0 aliphatic carbocycles. The molecule has 1 atom stereocenters. The quantitative estimate of drug-likeness (QED) is 0.679. The van der Waals surface area contributed by atoms with E-state index in [1.807, 2.05) is 26.0 Å². The molecule has 0 aromatic heterocycles. The number of aryl methyl sites for hydroxylation is 1. The summed E-state index contributed by atoms with van der Waals surface area (Å²) in [4.78, 5) is 0. The van der Waals surface area contributed by atoms with Crippen LogP contribution < -0.4 is 5.32 Å². The molecule has 0 saturated carbocycles. The lowest BCUT2D eigenvalue weighted by Gasteiger charge is -2.19.